The topological polar surface area (TPSA) is 36.9 Å². The lowest BCUT2D eigenvalue weighted by Crippen LogP contribution is -2.42. The van der Waals surface area contributed by atoms with E-state index in [-0.39, 0.29) is 0 Å². The molecule has 33 heavy (non-hydrogen) atoms. The van der Waals surface area contributed by atoms with Gasteiger partial charge in [0.05, 0.1) is 14.2 Å². The molecule has 0 aliphatic carbocycles. The molecule has 0 N–H and O–H groups in total. The summed E-state index contributed by atoms with van der Waals surface area (Å²) in [7, 11) is 1.32. The summed E-state index contributed by atoms with van der Waals surface area (Å²) in [6.07, 6.45) is 0. The molecule has 5 heteroatoms. The van der Waals surface area contributed by atoms with Crippen LogP contribution in [0.25, 0.3) is 21.5 Å². The van der Waals surface area contributed by atoms with Crippen LogP contribution in [-0.4, -0.2) is 23.5 Å². The Morgan fingerprint density at radius 1 is 0.455 bits per heavy atom. The minimum atomic E-state index is -1.99. The van der Waals surface area contributed by atoms with Crippen molar-refractivity contribution in [3.63, 3.8) is 0 Å². The fourth-order valence-electron chi connectivity index (χ4n) is 3.79. The number of benzene rings is 5. The summed E-state index contributed by atoms with van der Waals surface area (Å²) in [5.74, 6) is 2.63. The first kappa shape index (κ1) is 20.9. The normalized spacial score (nSPS) is 11.0. The Bertz CT molecular complexity index is 1310. The second-order valence-electron chi connectivity index (χ2n) is 7.56. The molecule has 0 atom stereocenters. The lowest BCUT2D eigenvalue weighted by molar-refractivity contribution is 0.364. The molecule has 0 saturated carbocycles. The quantitative estimate of drug-likeness (QED) is 0.290. The van der Waals surface area contributed by atoms with Gasteiger partial charge < -0.3 is 18.3 Å². The Hall–Kier alpha value is -3.96. The van der Waals surface area contributed by atoms with Gasteiger partial charge in [-0.2, -0.15) is 0 Å². The van der Waals surface area contributed by atoms with E-state index in [0.29, 0.717) is 23.0 Å². The summed E-state index contributed by atoms with van der Waals surface area (Å²) in [5, 5.41) is 5.31. The molecule has 5 aromatic rings. The van der Waals surface area contributed by atoms with Crippen molar-refractivity contribution in [1.82, 2.24) is 0 Å². The van der Waals surface area contributed by atoms with Crippen LogP contribution in [0.4, 0.5) is 0 Å². The molecule has 0 heterocycles. The Morgan fingerprint density at radius 2 is 0.818 bits per heavy atom. The highest BCUT2D eigenvalue weighted by atomic mass is 28.3. The average molecular weight is 452 g/mol. The van der Waals surface area contributed by atoms with Gasteiger partial charge in [-0.05, 0) is 45.8 Å². The van der Waals surface area contributed by atoms with Gasteiger partial charge in [0, 0.05) is 5.19 Å². The van der Waals surface area contributed by atoms with E-state index >= 15 is 0 Å². The number of ether oxygens (including phenoxy) is 2. The van der Waals surface area contributed by atoms with Crippen LogP contribution in [0, 0.1) is 0 Å². The van der Waals surface area contributed by atoms with Crippen molar-refractivity contribution in [2.45, 2.75) is 0 Å². The standard InChI is InChI=1S/C28H23O4Si/c1-29-25-16-20-10-6-8-12-22(20)18-27(25)31-33(24-14-4-3-5-15-24)32-28-19-23-13-9-7-11-21(23)17-26(28)30-2/h3-19H,1-2H3. The van der Waals surface area contributed by atoms with Crippen LogP contribution in [0.15, 0.2) is 103 Å². The number of fused-ring (bicyclic) bond motifs is 2. The van der Waals surface area contributed by atoms with E-state index in [2.05, 4.69) is 24.3 Å². The predicted octanol–water partition coefficient (Wildman–Crippen LogP) is 5.86. The monoisotopic (exact) mass is 451 g/mol. The molecule has 1 radical (unpaired) electrons. The molecule has 4 nitrogen and oxygen atoms in total. The highest BCUT2D eigenvalue weighted by Crippen LogP contribution is 2.35. The third-order valence-electron chi connectivity index (χ3n) is 5.48. The fourth-order valence-corrected chi connectivity index (χ4v) is 5.25. The van der Waals surface area contributed by atoms with E-state index < -0.39 is 9.28 Å². The maximum absolute atomic E-state index is 6.55. The largest absolute Gasteiger partial charge is 0.572 e. The van der Waals surface area contributed by atoms with Crippen molar-refractivity contribution in [2.24, 2.45) is 0 Å². The summed E-state index contributed by atoms with van der Waals surface area (Å²) in [6, 6.07) is 34.3. The molecular formula is C28H23O4Si. The number of methoxy groups -OCH3 is 2. The van der Waals surface area contributed by atoms with Crippen LogP contribution >= 0.6 is 0 Å². The predicted molar refractivity (Wildman–Crippen MR) is 134 cm³/mol. The van der Waals surface area contributed by atoms with Gasteiger partial charge >= 0.3 is 9.28 Å². The first-order chi connectivity index (χ1) is 16.2. The molecule has 0 aliphatic heterocycles. The van der Waals surface area contributed by atoms with Crippen molar-refractivity contribution < 1.29 is 18.3 Å². The zero-order valence-corrected chi connectivity index (χ0v) is 19.4. The molecule has 5 aromatic carbocycles. The molecule has 0 saturated heterocycles. The van der Waals surface area contributed by atoms with Gasteiger partial charge in [-0.3, -0.25) is 0 Å². The molecule has 0 bridgehead atoms. The second kappa shape index (κ2) is 9.26. The fraction of sp³-hybridized carbons (Fsp3) is 0.0714. The number of hydrogen-bond donors (Lipinski definition) is 0. The summed E-state index contributed by atoms with van der Waals surface area (Å²) < 4.78 is 24.4. The average Bonchev–Trinajstić information content (AvgIpc) is 2.88. The van der Waals surface area contributed by atoms with Gasteiger partial charge in [0.15, 0.2) is 11.5 Å². The first-order valence-electron chi connectivity index (χ1n) is 10.7. The Labute approximate surface area is 194 Å². The van der Waals surface area contributed by atoms with Crippen molar-refractivity contribution in [2.75, 3.05) is 14.2 Å². The van der Waals surface area contributed by atoms with E-state index in [4.69, 9.17) is 18.3 Å². The summed E-state index contributed by atoms with van der Waals surface area (Å²) >= 11 is 0. The zero-order chi connectivity index (χ0) is 22.6. The molecule has 0 aromatic heterocycles. The van der Waals surface area contributed by atoms with E-state index in [1.807, 2.05) is 78.9 Å². The van der Waals surface area contributed by atoms with Crippen molar-refractivity contribution >= 4 is 36.0 Å². The van der Waals surface area contributed by atoms with Crippen LogP contribution in [0.2, 0.25) is 0 Å². The summed E-state index contributed by atoms with van der Waals surface area (Å²) in [4.78, 5) is 0. The van der Waals surface area contributed by atoms with Gasteiger partial charge in [-0.25, -0.2) is 0 Å². The lowest BCUT2D eigenvalue weighted by Gasteiger charge is -2.21. The Kier molecular flexibility index (Phi) is 5.87. The highest BCUT2D eigenvalue weighted by molar-refractivity contribution is 6.62. The highest BCUT2D eigenvalue weighted by Gasteiger charge is 2.27. The van der Waals surface area contributed by atoms with Crippen LogP contribution in [0.1, 0.15) is 0 Å². The van der Waals surface area contributed by atoms with E-state index in [1.54, 1.807) is 14.2 Å². The third kappa shape index (κ3) is 4.36. The van der Waals surface area contributed by atoms with Crippen LogP contribution in [-0.2, 0) is 0 Å². The number of hydrogen-bond acceptors (Lipinski definition) is 4. The van der Waals surface area contributed by atoms with Crippen LogP contribution < -0.4 is 23.5 Å². The van der Waals surface area contributed by atoms with Crippen LogP contribution in [0.3, 0.4) is 0 Å². The Balaban J connectivity index is 1.57. The molecule has 0 aliphatic rings. The minimum absolute atomic E-state index is 0.647. The lowest BCUT2D eigenvalue weighted by atomic mass is 10.1. The van der Waals surface area contributed by atoms with Gasteiger partial charge in [-0.15, -0.1) is 0 Å². The molecule has 163 valence electrons. The molecular weight excluding hydrogens is 428 g/mol. The van der Waals surface area contributed by atoms with Crippen LogP contribution in [0.5, 0.6) is 23.0 Å². The maximum atomic E-state index is 6.55. The van der Waals surface area contributed by atoms with Crippen molar-refractivity contribution in [3.8, 4) is 23.0 Å². The number of rotatable bonds is 7. The minimum Gasteiger partial charge on any atom is -0.503 e. The zero-order valence-electron chi connectivity index (χ0n) is 18.4. The summed E-state index contributed by atoms with van der Waals surface area (Å²) in [6.45, 7) is 0. The van der Waals surface area contributed by atoms with Gasteiger partial charge in [-0.1, -0.05) is 78.9 Å². The smallest absolute Gasteiger partial charge is 0.503 e. The van der Waals surface area contributed by atoms with Gasteiger partial charge in [0.25, 0.3) is 0 Å². The summed E-state index contributed by atoms with van der Waals surface area (Å²) in [5.41, 5.74) is 0. The van der Waals surface area contributed by atoms with Gasteiger partial charge in [0.1, 0.15) is 11.5 Å². The second-order valence-corrected chi connectivity index (χ2v) is 9.12. The molecule has 0 spiro atoms. The van der Waals surface area contributed by atoms with Gasteiger partial charge in [0.2, 0.25) is 0 Å². The van der Waals surface area contributed by atoms with E-state index in [1.165, 1.54) is 0 Å². The molecule has 0 unspecified atom stereocenters. The maximum Gasteiger partial charge on any atom is 0.572 e. The third-order valence-corrected chi connectivity index (χ3v) is 7.09. The SMILES string of the molecule is COc1cc2ccccc2cc1O[Si](Oc1cc2ccccc2cc1OC)c1ccccc1. The Morgan fingerprint density at radius 3 is 1.21 bits per heavy atom. The van der Waals surface area contributed by atoms with Crippen molar-refractivity contribution in [3.05, 3.63) is 103 Å². The van der Waals surface area contributed by atoms with Crippen molar-refractivity contribution in [1.29, 1.82) is 0 Å². The molecule has 5 rings (SSSR count). The first-order valence-corrected chi connectivity index (χ1v) is 12.0. The van der Waals surface area contributed by atoms with E-state index in [9.17, 15) is 0 Å². The molecule has 0 amide bonds. The van der Waals surface area contributed by atoms with E-state index in [0.717, 1.165) is 26.7 Å². The molecule has 0 fully saturated rings.